The first-order valence-electron chi connectivity index (χ1n) is 8.79. The van der Waals surface area contributed by atoms with Crippen molar-refractivity contribution in [2.24, 2.45) is 0 Å². The van der Waals surface area contributed by atoms with Gasteiger partial charge in [-0.25, -0.2) is 4.98 Å². The highest BCUT2D eigenvalue weighted by atomic mass is 32.1. The highest BCUT2D eigenvalue weighted by Gasteiger charge is 2.45. The quantitative estimate of drug-likeness (QED) is 0.924. The van der Waals surface area contributed by atoms with Crippen molar-refractivity contribution < 1.29 is 4.79 Å². The number of carbonyl (C=O) groups is 1. The van der Waals surface area contributed by atoms with Gasteiger partial charge >= 0.3 is 0 Å². The van der Waals surface area contributed by atoms with Crippen LogP contribution in [0.4, 0.5) is 5.13 Å². The van der Waals surface area contributed by atoms with Gasteiger partial charge < -0.3 is 5.32 Å². The lowest BCUT2D eigenvalue weighted by Gasteiger charge is -2.40. The number of carbonyl (C=O) groups excluding carboxylic acids is 1. The van der Waals surface area contributed by atoms with E-state index < -0.39 is 0 Å². The van der Waals surface area contributed by atoms with E-state index >= 15 is 0 Å². The summed E-state index contributed by atoms with van der Waals surface area (Å²) in [5.74, 6) is 0.110. The third kappa shape index (κ3) is 2.66. The number of thiazole rings is 1. The molecule has 1 aromatic heterocycles. The average Bonchev–Trinajstić information content (AvgIpc) is 2.96. The van der Waals surface area contributed by atoms with Gasteiger partial charge in [0, 0.05) is 24.4 Å². The molecule has 1 saturated carbocycles. The molecule has 1 fully saturated rings. The summed E-state index contributed by atoms with van der Waals surface area (Å²) in [5.41, 5.74) is 1.94. The molecule has 126 valence electrons. The van der Waals surface area contributed by atoms with Gasteiger partial charge in [-0.2, -0.15) is 0 Å². The Labute approximate surface area is 146 Å². The molecule has 0 atom stereocenters. The number of likely N-dealkylation sites (N-methyl/N-ethyl adjacent to an activating group) is 1. The molecular formula is C19H23N3OS. The van der Waals surface area contributed by atoms with Crippen LogP contribution in [0.15, 0.2) is 30.3 Å². The fraction of sp³-hybridized carbons (Fsp3) is 0.474. The highest BCUT2D eigenvalue weighted by Crippen LogP contribution is 2.44. The van der Waals surface area contributed by atoms with Crippen molar-refractivity contribution in [2.75, 3.05) is 18.4 Å². The molecule has 4 rings (SSSR count). The van der Waals surface area contributed by atoms with Crippen LogP contribution in [-0.4, -0.2) is 28.9 Å². The summed E-state index contributed by atoms with van der Waals surface area (Å²) in [5, 5.41) is 3.89. The zero-order valence-electron chi connectivity index (χ0n) is 14.0. The second-order valence-corrected chi connectivity index (χ2v) is 7.85. The first kappa shape index (κ1) is 15.8. The van der Waals surface area contributed by atoms with Crippen LogP contribution < -0.4 is 5.32 Å². The number of anilines is 1. The molecular weight excluding hydrogens is 318 g/mol. The zero-order valence-corrected chi connectivity index (χ0v) is 14.9. The lowest BCUT2D eigenvalue weighted by atomic mass is 9.64. The minimum absolute atomic E-state index is 0.110. The Morgan fingerprint density at radius 2 is 2.12 bits per heavy atom. The van der Waals surface area contributed by atoms with E-state index in [1.807, 2.05) is 18.2 Å². The number of nitrogens with one attached hydrogen (secondary N) is 1. The van der Waals surface area contributed by atoms with Crippen LogP contribution in [0.1, 0.15) is 42.3 Å². The number of aromatic nitrogens is 1. The predicted octanol–water partition coefficient (Wildman–Crippen LogP) is 3.58. The normalized spacial score (nSPS) is 19.4. The molecule has 1 aliphatic heterocycles. The molecule has 2 heterocycles. The number of benzene rings is 1. The third-order valence-electron chi connectivity index (χ3n) is 5.45. The lowest BCUT2D eigenvalue weighted by molar-refractivity contribution is -0.124. The number of nitrogens with zero attached hydrogens (tertiary/aromatic N) is 2. The summed E-state index contributed by atoms with van der Waals surface area (Å²) in [6.07, 6.45) is 3.95. The van der Waals surface area contributed by atoms with E-state index in [4.69, 9.17) is 0 Å². The van der Waals surface area contributed by atoms with Crippen molar-refractivity contribution in [1.82, 2.24) is 9.88 Å². The third-order valence-corrected chi connectivity index (χ3v) is 6.44. The monoisotopic (exact) mass is 341 g/mol. The Morgan fingerprint density at radius 3 is 2.79 bits per heavy atom. The van der Waals surface area contributed by atoms with Gasteiger partial charge in [-0.3, -0.25) is 9.69 Å². The van der Waals surface area contributed by atoms with Crippen LogP contribution in [0, 0.1) is 0 Å². The molecule has 1 aliphatic carbocycles. The fourth-order valence-electron chi connectivity index (χ4n) is 3.72. The Bertz CT molecular complexity index is 736. The van der Waals surface area contributed by atoms with Crippen LogP contribution in [-0.2, 0) is 23.2 Å². The fourth-order valence-corrected chi connectivity index (χ4v) is 4.77. The summed E-state index contributed by atoms with van der Waals surface area (Å²) in [6.45, 7) is 5.28. The topological polar surface area (TPSA) is 45.2 Å². The van der Waals surface area contributed by atoms with Gasteiger partial charge in [0.25, 0.3) is 0 Å². The minimum Gasteiger partial charge on any atom is -0.301 e. The summed E-state index contributed by atoms with van der Waals surface area (Å²) in [7, 11) is 0. The van der Waals surface area contributed by atoms with E-state index in [2.05, 4.69) is 34.3 Å². The molecule has 0 saturated heterocycles. The standard InChI is InChI=1S/C19H23N3OS/c1-2-22-12-9-15-16(13-22)24-18(20-15)21-17(23)19(10-6-11-19)14-7-4-3-5-8-14/h3-5,7-8H,2,6,9-13H2,1H3,(H,20,21,23). The summed E-state index contributed by atoms with van der Waals surface area (Å²) in [4.78, 5) is 21.4. The van der Waals surface area contributed by atoms with Gasteiger partial charge in [0.15, 0.2) is 5.13 Å². The van der Waals surface area contributed by atoms with E-state index in [1.165, 1.54) is 10.6 Å². The van der Waals surface area contributed by atoms with Crippen LogP contribution in [0.25, 0.3) is 0 Å². The molecule has 0 bridgehead atoms. The van der Waals surface area contributed by atoms with Gasteiger partial charge in [-0.05, 0) is 24.9 Å². The van der Waals surface area contributed by atoms with Crippen molar-refractivity contribution >= 4 is 22.4 Å². The number of fused-ring (bicyclic) bond motifs is 1. The number of amides is 1. The number of rotatable bonds is 4. The van der Waals surface area contributed by atoms with Crippen molar-refractivity contribution in [3.63, 3.8) is 0 Å². The Balaban J connectivity index is 1.53. The summed E-state index contributed by atoms with van der Waals surface area (Å²) >= 11 is 1.64. The Hall–Kier alpha value is -1.72. The van der Waals surface area contributed by atoms with E-state index in [-0.39, 0.29) is 11.3 Å². The van der Waals surface area contributed by atoms with E-state index in [0.29, 0.717) is 0 Å². The molecule has 1 aromatic carbocycles. The molecule has 1 amide bonds. The Morgan fingerprint density at radius 1 is 1.33 bits per heavy atom. The Kier molecular flexibility index (Phi) is 4.14. The minimum atomic E-state index is -0.358. The van der Waals surface area contributed by atoms with Crippen LogP contribution in [0.2, 0.25) is 0 Å². The maximum Gasteiger partial charge on any atom is 0.236 e. The second kappa shape index (κ2) is 6.30. The lowest BCUT2D eigenvalue weighted by Crippen LogP contribution is -2.45. The van der Waals surface area contributed by atoms with Crippen molar-refractivity contribution in [3.8, 4) is 0 Å². The maximum absolute atomic E-state index is 13.0. The van der Waals surface area contributed by atoms with Gasteiger partial charge in [0.05, 0.1) is 11.1 Å². The zero-order chi connectivity index (χ0) is 16.6. The molecule has 0 spiro atoms. The predicted molar refractivity (Wildman–Crippen MR) is 97.4 cm³/mol. The van der Waals surface area contributed by atoms with Crippen LogP contribution in [0.3, 0.4) is 0 Å². The summed E-state index contributed by atoms with van der Waals surface area (Å²) < 4.78 is 0. The average molecular weight is 341 g/mol. The van der Waals surface area contributed by atoms with Crippen LogP contribution in [0.5, 0.6) is 0 Å². The molecule has 2 aliphatic rings. The molecule has 5 heteroatoms. The molecule has 24 heavy (non-hydrogen) atoms. The van der Waals surface area contributed by atoms with Crippen LogP contribution >= 0.6 is 11.3 Å². The highest BCUT2D eigenvalue weighted by molar-refractivity contribution is 7.15. The van der Waals surface area contributed by atoms with E-state index in [1.54, 1.807) is 11.3 Å². The van der Waals surface area contributed by atoms with Crippen molar-refractivity contribution in [3.05, 3.63) is 46.5 Å². The van der Waals surface area contributed by atoms with E-state index in [9.17, 15) is 4.79 Å². The smallest absolute Gasteiger partial charge is 0.236 e. The van der Waals surface area contributed by atoms with Gasteiger partial charge in [0.1, 0.15) is 0 Å². The van der Waals surface area contributed by atoms with Gasteiger partial charge in [-0.1, -0.05) is 43.7 Å². The van der Waals surface area contributed by atoms with Crippen molar-refractivity contribution in [2.45, 2.75) is 44.6 Å². The molecule has 0 unspecified atom stereocenters. The molecule has 2 aromatic rings. The second-order valence-electron chi connectivity index (χ2n) is 6.76. The van der Waals surface area contributed by atoms with Gasteiger partial charge in [0.2, 0.25) is 5.91 Å². The van der Waals surface area contributed by atoms with E-state index in [0.717, 1.165) is 56.0 Å². The summed E-state index contributed by atoms with van der Waals surface area (Å²) in [6, 6.07) is 10.2. The largest absolute Gasteiger partial charge is 0.301 e. The SMILES string of the molecule is CCN1CCc2nc(NC(=O)C3(c4ccccc4)CCC3)sc2C1. The molecule has 1 N–H and O–H groups in total. The first-order chi connectivity index (χ1) is 11.7. The number of hydrogen-bond acceptors (Lipinski definition) is 4. The molecule has 0 radical (unpaired) electrons. The maximum atomic E-state index is 13.0. The van der Waals surface area contributed by atoms with Crippen molar-refractivity contribution in [1.29, 1.82) is 0 Å². The number of hydrogen-bond donors (Lipinski definition) is 1. The van der Waals surface area contributed by atoms with Gasteiger partial charge in [-0.15, -0.1) is 11.3 Å². The first-order valence-corrected chi connectivity index (χ1v) is 9.61. The molecule has 4 nitrogen and oxygen atoms in total.